The Morgan fingerprint density at radius 1 is 1.09 bits per heavy atom. The normalized spacial score (nSPS) is 16.9. The van der Waals surface area contributed by atoms with Crippen LogP contribution in [0.3, 0.4) is 0 Å². The first-order valence-corrected chi connectivity index (χ1v) is 11.2. The third kappa shape index (κ3) is 7.13. The van der Waals surface area contributed by atoms with Crippen molar-refractivity contribution in [3.05, 3.63) is 65.7 Å². The number of ether oxygens (including phenoxy) is 4. The highest BCUT2D eigenvalue weighted by Crippen LogP contribution is 2.24. The van der Waals surface area contributed by atoms with E-state index in [0.717, 1.165) is 12.5 Å². The van der Waals surface area contributed by atoms with Crippen LogP contribution in [0, 0.1) is 0 Å². The van der Waals surface area contributed by atoms with Crippen LogP contribution in [-0.4, -0.2) is 54.8 Å². The van der Waals surface area contributed by atoms with Crippen LogP contribution in [0.5, 0.6) is 0 Å². The van der Waals surface area contributed by atoms with Gasteiger partial charge >= 0.3 is 17.9 Å². The molecule has 3 rings (SSSR count). The van der Waals surface area contributed by atoms with Crippen molar-refractivity contribution < 1.29 is 38.1 Å². The van der Waals surface area contributed by atoms with Crippen LogP contribution in [0.1, 0.15) is 43.6 Å². The minimum Gasteiger partial charge on any atom is -0.457 e. The summed E-state index contributed by atoms with van der Waals surface area (Å²) in [5, 5.41) is 0. The number of benzene rings is 2. The highest BCUT2D eigenvalue weighted by Gasteiger charge is 2.44. The maximum atomic E-state index is 13.3. The molecule has 35 heavy (non-hydrogen) atoms. The molecule has 0 aromatic heterocycles. The number of amides is 1. The van der Waals surface area contributed by atoms with E-state index >= 15 is 0 Å². The molecule has 2 aromatic carbocycles. The lowest BCUT2D eigenvalue weighted by Crippen LogP contribution is -2.56. The summed E-state index contributed by atoms with van der Waals surface area (Å²) in [6.07, 6.45) is -2.96. The van der Waals surface area contributed by atoms with Gasteiger partial charge in [-0.1, -0.05) is 36.4 Å². The average molecular weight is 484 g/mol. The van der Waals surface area contributed by atoms with E-state index in [-0.39, 0.29) is 25.3 Å². The third-order valence-corrected chi connectivity index (χ3v) is 4.94. The Morgan fingerprint density at radius 3 is 2.46 bits per heavy atom. The lowest BCUT2D eigenvalue weighted by Gasteiger charge is -2.35. The van der Waals surface area contributed by atoms with Gasteiger partial charge in [0.2, 0.25) is 6.10 Å². The standard InChI is InChI=1S/C26H29NO8/c1-17(28)34-22(25(31)35-26(2,3)4)21-23(29)27(13-14-32-21)20-12-8-11-19(15-20)24(30)33-16-18-9-6-5-7-10-18/h5-12,15,21-22H,13-14,16H2,1-4H3/t21-,22-/m1/s1. The highest BCUT2D eigenvalue weighted by molar-refractivity contribution is 6.01. The quantitative estimate of drug-likeness (QED) is 0.437. The van der Waals surface area contributed by atoms with Gasteiger partial charge in [-0.3, -0.25) is 9.59 Å². The number of esters is 3. The molecular weight excluding hydrogens is 454 g/mol. The molecule has 9 nitrogen and oxygen atoms in total. The third-order valence-electron chi connectivity index (χ3n) is 4.94. The first-order chi connectivity index (χ1) is 16.5. The number of carbonyl (C=O) groups is 4. The summed E-state index contributed by atoms with van der Waals surface area (Å²) in [4.78, 5) is 51.6. The summed E-state index contributed by atoms with van der Waals surface area (Å²) in [6, 6.07) is 15.7. The summed E-state index contributed by atoms with van der Waals surface area (Å²) in [5.41, 5.74) is 0.671. The molecule has 2 aromatic rings. The zero-order valence-electron chi connectivity index (χ0n) is 20.2. The lowest BCUT2D eigenvalue weighted by molar-refractivity contribution is -0.188. The van der Waals surface area contributed by atoms with Gasteiger partial charge in [-0.15, -0.1) is 0 Å². The Balaban J connectivity index is 1.77. The Kier molecular flexibility index (Phi) is 8.24. The summed E-state index contributed by atoms with van der Waals surface area (Å²) in [5.74, 6) is -2.77. The van der Waals surface area contributed by atoms with Crippen molar-refractivity contribution in [2.45, 2.75) is 52.1 Å². The molecule has 9 heteroatoms. The largest absolute Gasteiger partial charge is 0.457 e. The number of carbonyl (C=O) groups excluding carboxylic acids is 4. The molecule has 0 N–H and O–H groups in total. The highest BCUT2D eigenvalue weighted by atomic mass is 16.6. The van der Waals surface area contributed by atoms with E-state index in [1.807, 2.05) is 30.3 Å². The maximum Gasteiger partial charge on any atom is 0.351 e. The second-order valence-electron chi connectivity index (χ2n) is 8.96. The van der Waals surface area contributed by atoms with Crippen molar-refractivity contribution in [2.24, 2.45) is 0 Å². The fourth-order valence-corrected chi connectivity index (χ4v) is 3.46. The average Bonchev–Trinajstić information content (AvgIpc) is 2.81. The van der Waals surface area contributed by atoms with Crippen LogP contribution in [0.15, 0.2) is 54.6 Å². The number of hydrogen-bond acceptors (Lipinski definition) is 8. The number of hydrogen-bond donors (Lipinski definition) is 0. The Hall–Kier alpha value is -3.72. The van der Waals surface area contributed by atoms with Gasteiger partial charge in [0.1, 0.15) is 12.2 Å². The molecule has 1 aliphatic rings. The van der Waals surface area contributed by atoms with Crippen molar-refractivity contribution in [1.82, 2.24) is 0 Å². The van der Waals surface area contributed by atoms with Gasteiger partial charge in [0.05, 0.1) is 12.2 Å². The molecule has 0 spiro atoms. The molecule has 1 amide bonds. The predicted molar refractivity (Wildman–Crippen MR) is 125 cm³/mol. The summed E-state index contributed by atoms with van der Waals surface area (Å²) < 4.78 is 21.4. The van der Waals surface area contributed by atoms with Crippen molar-refractivity contribution in [3.63, 3.8) is 0 Å². The number of anilines is 1. The van der Waals surface area contributed by atoms with Crippen molar-refractivity contribution in [3.8, 4) is 0 Å². The van der Waals surface area contributed by atoms with E-state index in [1.165, 1.54) is 11.0 Å². The molecule has 1 heterocycles. The van der Waals surface area contributed by atoms with Gasteiger partial charge in [0.15, 0.2) is 6.10 Å². The molecule has 2 atom stereocenters. The van der Waals surface area contributed by atoms with E-state index in [1.54, 1.807) is 39.0 Å². The Labute approximate surface area is 203 Å². The van der Waals surface area contributed by atoms with Crippen LogP contribution in [0.25, 0.3) is 0 Å². The molecule has 0 aliphatic carbocycles. The molecule has 0 saturated carbocycles. The number of morpholine rings is 1. The molecule has 186 valence electrons. The number of nitrogens with zero attached hydrogens (tertiary/aromatic N) is 1. The minimum atomic E-state index is -1.57. The van der Waals surface area contributed by atoms with Crippen molar-refractivity contribution >= 4 is 29.5 Å². The van der Waals surface area contributed by atoms with Gasteiger partial charge in [-0.05, 0) is 44.5 Å². The topological polar surface area (TPSA) is 108 Å². The molecule has 0 bridgehead atoms. The van der Waals surface area contributed by atoms with Crippen LogP contribution in [0.4, 0.5) is 5.69 Å². The molecule has 1 saturated heterocycles. The monoisotopic (exact) mass is 483 g/mol. The van der Waals surface area contributed by atoms with E-state index in [9.17, 15) is 19.2 Å². The summed E-state index contributed by atoms with van der Waals surface area (Å²) >= 11 is 0. The van der Waals surface area contributed by atoms with E-state index in [0.29, 0.717) is 5.69 Å². The van der Waals surface area contributed by atoms with E-state index in [2.05, 4.69) is 0 Å². The lowest BCUT2D eigenvalue weighted by atomic mass is 10.1. The molecular formula is C26H29NO8. The van der Waals surface area contributed by atoms with Crippen LogP contribution in [-0.2, 0) is 39.9 Å². The van der Waals surface area contributed by atoms with Gasteiger partial charge < -0.3 is 23.8 Å². The molecule has 0 unspecified atom stereocenters. The first kappa shape index (κ1) is 25.9. The van der Waals surface area contributed by atoms with Crippen molar-refractivity contribution in [1.29, 1.82) is 0 Å². The molecule has 1 aliphatic heterocycles. The van der Waals surface area contributed by atoms with Gasteiger partial charge in [0.25, 0.3) is 5.91 Å². The first-order valence-electron chi connectivity index (χ1n) is 11.2. The molecule has 0 radical (unpaired) electrons. The fourth-order valence-electron chi connectivity index (χ4n) is 3.46. The smallest absolute Gasteiger partial charge is 0.351 e. The van der Waals surface area contributed by atoms with Crippen LogP contribution < -0.4 is 4.90 Å². The van der Waals surface area contributed by atoms with Gasteiger partial charge in [-0.25, -0.2) is 9.59 Å². The SMILES string of the molecule is CC(=O)O[C@@H](C(=O)OC(C)(C)C)[C@H]1OCCN(c2cccc(C(=O)OCc3ccccc3)c2)C1=O. The van der Waals surface area contributed by atoms with Crippen LogP contribution >= 0.6 is 0 Å². The maximum absolute atomic E-state index is 13.3. The van der Waals surface area contributed by atoms with E-state index in [4.69, 9.17) is 18.9 Å². The number of rotatable bonds is 7. The minimum absolute atomic E-state index is 0.0830. The second kappa shape index (κ2) is 11.1. The summed E-state index contributed by atoms with van der Waals surface area (Å²) in [7, 11) is 0. The Morgan fingerprint density at radius 2 is 1.80 bits per heavy atom. The van der Waals surface area contributed by atoms with Crippen LogP contribution in [0.2, 0.25) is 0 Å². The predicted octanol–water partition coefficient (Wildman–Crippen LogP) is 3.05. The Bertz CT molecular complexity index is 1080. The zero-order valence-corrected chi connectivity index (χ0v) is 20.2. The summed E-state index contributed by atoms with van der Waals surface area (Å²) in [6.45, 7) is 6.49. The van der Waals surface area contributed by atoms with Gasteiger partial charge in [0, 0.05) is 19.2 Å². The molecule has 1 fully saturated rings. The fraction of sp³-hybridized carbons (Fsp3) is 0.385. The second-order valence-corrected chi connectivity index (χ2v) is 8.96. The van der Waals surface area contributed by atoms with Crippen molar-refractivity contribution in [2.75, 3.05) is 18.1 Å². The van der Waals surface area contributed by atoms with E-state index < -0.39 is 41.6 Å². The van der Waals surface area contributed by atoms with Gasteiger partial charge in [-0.2, -0.15) is 0 Å². The zero-order chi connectivity index (χ0) is 25.6.